The SMILES string of the molecule is N=C1/C(=N\Nc2ccccc2)C=Cc2ccc3ccc(-c4nc(-c5ccccc5-c5ccccc5)nc(-c5cccc6sc7ccccc7c56)n4)cc3c21. The Bertz CT molecular complexity index is 2980. The molecule has 9 aromatic rings. The number of nitrogens with zero attached hydrogens (tertiary/aromatic N) is 4. The van der Waals surface area contributed by atoms with Crippen molar-refractivity contribution in [3.05, 3.63) is 175 Å². The molecule has 2 N–H and O–H groups in total. The zero-order valence-electron chi connectivity index (χ0n) is 28.9. The highest BCUT2D eigenvalue weighted by atomic mass is 32.1. The van der Waals surface area contributed by atoms with Crippen molar-refractivity contribution in [2.45, 2.75) is 0 Å². The Morgan fingerprint density at radius 1 is 0.519 bits per heavy atom. The molecule has 0 spiro atoms. The Morgan fingerprint density at radius 2 is 1.19 bits per heavy atom. The third-order valence-electron chi connectivity index (χ3n) is 9.85. The first-order valence-electron chi connectivity index (χ1n) is 17.7. The lowest BCUT2D eigenvalue weighted by Gasteiger charge is -2.17. The molecular weight excluding hydrogens is 681 g/mol. The predicted octanol–water partition coefficient (Wildman–Crippen LogP) is 11.9. The van der Waals surface area contributed by atoms with E-state index in [9.17, 15) is 5.41 Å². The Kier molecular flexibility index (Phi) is 7.70. The normalized spacial score (nSPS) is 13.2. The molecule has 0 amide bonds. The molecule has 6 nitrogen and oxygen atoms in total. The number of para-hydroxylation sites is 1. The summed E-state index contributed by atoms with van der Waals surface area (Å²) in [5.41, 5.74) is 11.5. The summed E-state index contributed by atoms with van der Waals surface area (Å²) in [5.74, 6) is 1.77. The molecule has 0 atom stereocenters. The largest absolute Gasteiger partial charge is 0.298 e. The summed E-state index contributed by atoms with van der Waals surface area (Å²) >= 11 is 1.78. The second-order valence-electron chi connectivity index (χ2n) is 13.1. The van der Waals surface area contributed by atoms with E-state index in [-0.39, 0.29) is 0 Å². The van der Waals surface area contributed by atoms with Crippen LogP contribution in [0.3, 0.4) is 0 Å². The topological polar surface area (TPSA) is 86.9 Å². The maximum absolute atomic E-state index is 9.31. The van der Waals surface area contributed by atoms with E-state index in [1.54, 1.807) is 11.3 Å². The maximum Gasteiger partial charge on any atom is 0.164 e. The van der Waals surface area contributed by atoms with E-state index in [2.05, 4.69) is 126 Å². The molecule has 54 heavy (non-hydrogen) atoms. The molecule has 0 aliphatic heterocycles. The molecule has 254 valence electrons. The van der Waals surface area contributed by atoms with Crippen LogP contribution < -0.4 is 5.43 Å². The first kappa shape index (κ1) is 31.6. The fourth-order valence-electron chi connectivity index (χ4n) is 7.26. The van der Waals surface area contributed by atoms with Crippen molar-refractivity contribution in [1.82, 2.24) is 15.0 Å². The number of thiophene rings is 1. The highest BCUT2D eigenvalue weighted by molar-refractivity contribution is 7.25. The molecule has 7 aromatic carbocycles. The van der Waals surface area contributed by atoms with Gasteiger partial charge in [0.2, 0.25) is 0 Å². The molecule has 2 aromatic heterocycles. The van der Waals surface area contributed by atoms with Crippen molar-refractivity contribution >= 4 is 65.5 Å². The lowest BCUT2D eigenvalue weighted by Crippen LogP contribution is -2.18. The molecule has 2 heterocycles. The quantitative estimate of drug-likeness (QED) is 0.168. The third-order valence-corrected chi connectivity index (χ3v) is 11.0. The number of hydrogen-bond acceptors (Lipinski definition) is 7. The van der Waals surface area contributed by atoms with Crippen LogP contribution in [-0.2, 0) is 0 Å². The number of benzene rings is 7. The number of fused-ring (bicyclic) bond motifs is 6. The van der Waals surface area contributed by atoms with Crippen molar-refractivity contribution in [3.8, 4) is 45.3 Å². The van der Waals surface area contributed by atoms with Crippen LogP contribution >= 0.6 is 11.3 Å². The maximum atomic E-state index is 9.31. The van der Waals surface area contributed by atoms with Gasteiger partial charge in [0.1, 0.15) is 5.71 Å². The number of hydrogen-bond donors (Lipinski definition) is 2. The van der Waals surface area contributed by atoms with Gasteiger partial charge < -0.3 is 0 Å². The fraction of sp³-hybridized carbons (Fsp3) is 0. The second-order valence-corrected chi connectivity index (χ2v) is 14.2. The van der Waals surface area contributed by atoms with Crippen LogP contribution in [0, 0.1) is 5.41 Å². The average Bonchev–Trinajstić information content (AvgIpc) is 3.63. The van der Waals surface area contributed by atoms with Crippen LogP contribution in [0.2, 0.25) is 0 Å². The zero-order chi connectivity index (χ0) is 36.0. The van der Waals surface area contributed by atoms with Gasteiger partial charge >= 0.3 is 0 Å². The van der Waals surface area contributed by atoms with Gasteiger partial charge in [-0.1, -0.05) is 133 Å². The van der Waals surface area contributed by atoms with Crippen molar-refractivity contribution in [2.24, 2.45) is 5.10 Å². The molecule has 7 heteroatoms. The molecular formula is C47H30N6S. The number of aromatic nitrogens is 3. The summed E-state index contributed by atoms with van der Waals surface area (Å²) in [4.78, 5) is 15.7. The number of rotatable bonds is 6. The molecule has 0 saturated carbocycles. The van der Waals surface area contributed by atoms with Gasteiger partial charge in [-0.15, -0.1) is 11.3 Å². The second kappa shape index (κ2) is 13.2. The predicted molar refractivity (Wildman–Crippen MR) is 225 cm³/mol. The molecule has 0 fully saturated rings. The van der Waals surface area contributed by atoms with Crippen LogP contribution in [0.15, 0.2) is 169 Å². The zero-order valence-corrected chi connectivity index (χ0v) is 29.7. The number of allylic oxidation sites excluding steroid dienone is 1. The van der Waals surface area contributed by atoms with Crippen LogP contribution in [0.25, 0.3) is 82.3 Å². The molecule has 0 saturated heterocycles. The van der Waals surface area contributed by atoms with E-state index in [1.807, 2.05) is 54.6 Å². The number of hydrazone groups is 1. The Morgan fingerprint density at radius 3 is 2.04 bits per heavy atom. The van der Waals surface area contributed by atoms with Gasteiger partial charge in [0.25, 0.3) is 0 Å². The molecule has 0 radical (unpaired) electrons. The van der Waals surface area contributed by atoms with E-state index in [4.69, 9.17) is 15.0 Å². The Balaban J connectivity index is 1.17. The summed E-state index contributed by atoms with van der Waals surface area (Å²) < 4.78 is 2.41. The van der Waals surface area contributed by atoms with E-state index in [1.165, 1.54) is 14.8 Å². The number of nitrogens with one attached hydrogen (secondary N) is 2. The van der Waals surface area contributed by atoms with Crippen molar-refractivity contribution < 1.29 is 0 Å². The summed E-state index contributed by atoms with van der Waals surface area (Å²) in [5, 5.41) is 18.2. The summed E-state index contributed by atoms with van der Waals surface area (Å²) in [6.07, 6.45) is 3.91. The molecule has 0 unspecified atom stereocenters. The van der Waals surface area contributed by atoms with E-state index < -0.39 is 0 Å². The van der Waals surface area contributed by atoms with Crippen molar-refractivity contribution in [1.29, 1.82) is 5.41 Å². The van der Waals surface area contributed by atoms with Gasteiger partial charge in [0, 0.05) is 42.4 Å². The summed E-state index contributed by atoms with van der Waals surface area (Å²) in [6.45, 7) is 0. The van der Waals surface area contributed by atoms with Gasteiger partial charge in [-0.2, -0.15) is 5.10 Å². The van der Waals surface area contributed by atoms with E-state index in [0.29, 0.717) is 28.9 Å². The van der Waals surface area contributed by atoms with Crippen LogP contribution in [0.4, 0.5) is 5.69 Å². The molecule has 10 rings (SSSR count). The molecule has 1 aliphatic carbocycles. The van der Waals surface area contributed by atoms with Crippen LogP contribution in [0.1, 0.15) is 11.1 Å². The molecule has 0 bridgehead atoms. The van der Waals surface area contributed by atoms with Gasteiger partial charge in [-0.3, -0.25) is 10.8 Å². The van der Waals surface area contributed by atoms with E-state index in [0.717, 1.165) is 60.8 Å². The third kappa shape index (κ3) is 5.55. The summed E-state index contributed by atoms with van der Waals surface area (Å²) in [6, 6.07) is 53.7. The van der Waals surface area contributed by atoms with Gasteiger partial charge in [0.05, 0.1) is 11.4 Å². The van der Waals surface area contributed by atoms with Crippen LogP contribution in [-0.4, -0.2) is 26.4 Å². The van der Waals surface area contributed by atoms with Crippen molar-refractivity contribution in [3.63, 3.8) is 0 Å². The van der Waals surface area contributed by atoms with Gasteiger partial charge in [-0.05, 0) is 63.9 Å². The first-order chi connectivity index (χ1) is 26.7. The van der Waals surface area contributed by atoms with Gasteiger partial charge in [-0.25, -0.2) is 15.0 Å². The molecule has 1 aliphatic rings. The standard InChI is InChI=1S/C47H30N6S/c48-44-39(53-52-33-14-5-2-6-15-33)27-26-31-24-22-30-23-25-32(28-38(30)42(31)44)45-49-46(35-17-8-7-16-34(35)29-12-3-1-4-13-29)51-47(50-45)37-19-11-21-41-43(37)36-18-9-10-20-40(36)54-41/h1-28,48,52H/b48-44?,53-39-. The van der Waals surface area contributed by atoms with Gasteiger partial charge in [0.15, 0.2) is 17.5 Å². The highest BCUT2D eigenvalue weighted by Crippen LogP contribution is 2.40. The monoisotopic (exact) mass is 710 g/mol. The Hall–Kier alpha value is -7.09. The smallest absolute Gasteiger partial charge is 0.164 e. The fourth-order valence-corrected chi connectivity index (χ4v) is 8.39. The lowest BCUT2D eigenvalue weighted by molar-refractivity contribution is 1.08. The first-order valence-corrected chi connectivity index (χ1v) is 18.5. The minimum Gasteiger partial charge on any atom is -0.298 e. The Labute approximate surface area is 315 Å². The number of anilines is 1. The van der Waals surface area contributed by atoms with Crippen molar-refractivity contribution in [2.75, 3.05) is 5.43 Å². The minimum absolute atomic E-state index is 0.350. The highest BCUT2D eigenvalue weighted by Gasteiger charge is 2.22. The van der Waals surface area contributed by atoms with E-state index >= 15 is 0 Å². The average molecular weight is 711 g/mol. The van der Waals surface area contributed by atoms with Crippen LogP contribution in [0.5, 0.6) is 0 Å². The summed E-state index contributed by atoms with van der Waals surface area (Å²) in [7, 11) is 0. The minimum atomic E-state index is 0.350. The lowest BCUT2D eigenvalue weighted by atomic mass is 9.88.